The van der Waals surface area contributed by atoms with Gasteiger partial charge in [0.15, 0.2) is 0 Å². The SMILES string of the molecule is O=C(O)C1=CC=CC(C(=O)O)(S(=O)(=O)O)C1.[K]. The Morgan fingerprint density at radius 2 is 1.82 bits per heavy atom. The topological polar surface area (TPSA) is 129 Å². The van der Waals surface area contributed by atoms with Gasteiger partial charge in [0.25, 0.3) is 10.1 Å². The van der Waals surface area contributed by atoms with Crippen molar-refractivity contribution in [3.05, 3.63) is 23.8 Å². The Bertz CT molecular complexity index is 504. The molecular weight excluding hydrogens is 279 g/mol. The van der Waals surface area contributed by atoms with Gasteiger partial charge in [0.1, 0.15) is 0 Å². The van der Waals surface area contributed by atoms with Crippen molar-refractivity contribution in [3.8, 4) is 0 Å². The van der Waals surface area contributed by atoms with E-state index in [9.17, 15) is 18.0 Å². The van der Waals surface area contributed by atoms with E-state index in [1.54, 1.807) is 0 Å². The first-order valence-electron chi connectivity index (χ1n) is 4.03. The summed E-state index contributed by atoms with van der Waals surface area (Å²) in [5.74, 6) is -3.25. The molecule has 1 unspecified atom stereocenters. The monoisotopic (exact) mass is 287 g/mol. The van der Waals surface area contributed by atoms with E-state index in [4.69, 9.17) is 14.8 Å². The molecule has 0 aromatic heterocycles. The van der Waals surface area contributed by atoms with Gasteiger partial charge in [0.05, 0.1) is 0 Å². The van der Waals surface area contributed by atoms with Gasteiger partial charge in [-0.2, -0.15) is 8.42 Å². The number of rotatable bonds is 3. The average Bonchev–Trinajstić information content (AvgIpc) is 2.15. The average molecular weight is 287 g/mol. The number of carbonyl (C=O) groups is 2. The summed E-state index contributed by atoms with van der Waals surface area (Å²) in [5.41, 5.74) is -0.400. The standard InChI is InChI=1S/C8H8O7S.K/c9-6(10)5-2-1-3-8(4-5,7(11)12)16(13,14)15;/h1-3H,4H2,(H,9,10)(H,11,12)(H,13,14,15);. The van der Waals surface area contributed by atoms with Crippen molar-refractivity contribution in [3.63, 3.8) is 0 Å². The zero-order valence-corrected chi connectivity index (χ0v) is 12.8. The quantitative estimate of drug-likeness (QED) is 0.461. The molecule has 0 aliphatic heterocycles. The van der Waals surface area contributed by atoms with Crippen LogP contribution in [-0.2, 0) is 19.7 Å². The summed E-state index contributed by atoms with van der Waals surface area (Å²) in [6.07, 6.45) is 1.99. The Labute approximate surface area is 139 Å². The molecule has 0 saturated carbocycles. The third-order valence-corrected chi connectivity index (χ3v) is 3.59. The van der Waals surface area contributed by atoms with Gasteiger partial charge in [-0.1, -0.05) is 12.2 Å². The Morgan fingerprint density at radius 1 is 1.29 bits per heavy atom. The van der Waals surface area contributed by atoms with Gasteiger partial charge in [-0.15, -0.1) is 0 Å². The van der Waals surface area contributed by atoms with Crippen LogP contribution in [0.3, 0.4) is 0 Å². The third-order valence-electron chi connectivity index (χ3n) is 2.21. The number of aliphatic carboxylic acids is 2. The molecule has 3 N–H and O–H groups in total. The van der Waals surface area contributed by atoms with E-state index in [-0.39, 0.29) is 51.4 Å². The number of allylic oxidation sites excluding steroid dienone is 2. The molecular formula is C8H8KO7S. The van der Waals surface area contributed by atoms with E-state index < -0.39 is 38.8 Å². The second kappa shape index (κ2) is 5.74. The van der Waals surface area contributed by atoms with E-state index in [1.807, 2.05) is 0 Å². The molecule has 9 heteroatoms. The van der Waals surface area contributed by atoms with Gasteiger partial charge in [-0.25, -0.2) is 4.79 Å². The molecule has 0 saturated heterocycles. The summed E-state index contributed by atoms with van der Waals surface area (Å²) in [5, 5.41) is 17.5. The van der Waals surface area contributed by atoms with Crippen molar-refractivity contribution in [1.82, 2.24) is 0 Å². The summed E-state index contributed by atoms with van der Waals surface area (Å²) in [4.78, 5) is 21.5. The summed E-state index contributed by atoms with van der Waals surface area (Å²) in [7, 11) is -4.94. The second-order valence-electron chi connectivity index (χ2n) is 3.20. The van der Waals surface area contributed by atoms with Crippen LogP contribution in [0.2, 0.25) is 0 Å². The Kier molecular flexibility index (Phi) is 5.73. The first-order chi connectivity index (χ1) is 7.21. The van der Waals surface area contributed by atoms with Crippen LogP contribution in [0.25, 0.3) is 0 Å². The van der Waals surface area contributed by atoms with Crippen molar-refractivity contribution in [2.24, 2.45) is 0 Å². The minimum atomic E-state index is -4.94. The van der Waals surface area contributed by atoms with Crippen molar-refractivity contribution in [2.45, 2.75) is 11.2 Å². The van der Waals surface area contributed by atoms with E-state index in [0.717, 1.165) is 18.2 Å². The molecule has 0 bridgehead atoms. The van der Waals surface area contributed by atoms with Crippen molar-refractivity contribution in [1.29, 1.82) is 0 Å². The van der Waals surface area contributed by atoms with Crippen LogP contribution in [0.15, 0.2) is 23.8 Å². The van der Waals surface area contributed by atoms with Gasteiger partial charge in [-0.3, -0.25) is 9.35 Å². The first kappa shape index (κ1) is 17.0. The maximum atomic E-state index is 11.0. The molecule has 1 atom stereocenters. The molecule has 0 aromatic carbocycles. The van der Waals surface area contributed by atoms with Crippen LogP contribution in [0, 0.1) is 0 Å². The van der Waals surface area contributed by atoms with Crippen molar-refractivity contribution >= 4 is 73.4 Å². The molecule has 89 valence electrons. The van der Waals surface area contributed by atoms with E-state index in [0.29, 0.717) is 0 Å². The van der Waals surface area contributed by atoms with Crippen molar-refractivity contribution in [2.75, 3.05) is 0 Å². The van der Waals surface area contributed by atoms with Gasteiger partial charge < -0.3 is 10.2 Å². The molecule has 1 radical (unpaired) electrons. The van der Waals surface area contributed by atoms with E-state index in [2.05, 4.69) is 0 Å². The van der Waals surface area contributed by atoms with E-state index >= 15 is 0 Å². The van der Waals surface area contributed by atoms with Crippen LogP contribution in [0.4, 0.5) is 0 Å². The minimum absolute atomic E-state index is 0. The zero-order valence-electron chi connectivity index (χ0n) is 8.82. The van der Waals surface area contributed by atoms with Gasteiger partial charge in [-0.05, 0) is 6.08 Å². The fourth-order valence-electron chi connectivity index (χ4n) is 1.30. The molecule has 17 heavy (non-hydrogen) atoms. The molecule has 1 aliphatic carbocycles. The number of hydrogen-bond acceptors (Lipinski definition) is 4. The van der Waals surface area contributed by atoms with E-state index in [1.165, 1.54) is 0 Å². The van der Waals surface area contributed by atoms with Crippen LogP contribution >= 0.6 is 0 Å². The third kappa shape index (κ3) is 3.25. The summed E-state index contributed by atoms with van der Waals surface area (Å²) >= 11 is 0. The largest absolute Gasteiger partial charge is 0.480 e. The summed E-state index contributed by atoms with van der Waals surface area (Å²) < 4.78 is 28.3. The zero-order chi connectivity index (χ0) is 12.6. The fraction of sp³-hybridized carbons (Fsp3) is 0.250. The molecule has 1 aliphatic rings. The maximum absolute atomic E-state index is 11.0. The first-order valence-corrected chi connectivity index (χ1v) is 5.47. The molecule has 0 aromatic rings. The number of hydrogen-bond donors (Lipinski definition) is 3. The summed E-state index contributed by atoms with van der Waals surface area (Å²) in [6.45, 7) is 0. The smallest absolute Gasteiger partial charge is 0.331 e. The van der Waals surface area contributed by atoms with Gasteiger partial charge in [0.2, 0.25) is 4.75 Å². The van der Waals surface area contributed by atoms with Crippen LogP contribution in [-0.4, -0.2) is 91.3 Å². The van der Waals surface area contributed by atoms with Crippen LogP contribution < -0.4 is 0 Å². The number of carboxylic acids is 2. The molecule has 0 fully saturated rings. The second-order valence-corrected chi connectivity index (χ2v) is 4.88. The molecule has 0 spiro atoms. The van der Waals surface area contributed by atoms with Crippen molar-refractivity contribution < 1.29 is 32.8 Å². The molecule has 7 nitrogen and oxygen atoms in total. The predicted molar refractivity (Wildman–Crippen MR) is 57.1 cm³/mol. The fourth-order valence-corrected chi connectivity index (χ4v) is 2.11. The maximum Gasteiger partial charge on any atom is 0.331 e. The molecule has 1 rings (SSSR count). The summed E-state index contributed by atoms with van der Waals surface area (Å²) in [6, 6.07) is 0. The Balaban J connectivity index is 0.00000256. The van der Waals surface area contributed by atoms with Crippen LogP contribution in [0.1, 0.15) is 6.42 Å². The van der Waals surface area contributed by atoms with Gasteiger partial charge in [0, 0.05) is 63.4 Å². The van der Waals surface area contributed by atoms with Gasteiger partial charge >= 0.3 is 11.9 Å². The Morgan fingerprint density at radius 3 is 2.18 bits per heavy atom. The predicted octanol–water partition coefficient (Wildman–Crippen LogP) is -0.712. The Hall–Kier alpha value is -0.0336. The normalized spacial score (nSPS) is 23.5. The molecule has 0 heterocycles. The molecule has 0 amide bonds. The minimum Gasteiger partial charge on any atom is -0.480 e. The number of carboxylic acid groups (broad SMARTS) is 2. The van der Waals surface area contributed by atoms with Crippen LogP contribution in [0.5, 0.6) is 0 Å².